The van der Waals surface area contributed by atoms with Crippen LogP contribution in [0, 0.1) is 0 Å². The van der Waals surface area contributed by atoms with Crippen LogP contribution < -0.4 is 5.32 Å². The van der Waals surface area contributed by atoms with E-state index >= 15 is 0 Å². The van der Waals surface area contributed by atoms with Crippen LogP contribution in [-0.2, 0) is 0 Å². The highest BCUT2D eigenvalue weighted by Crippen LogP contribution is 2.20. The summed E-state index contributed by atoms with van der Waals surface area (Å²) in [6.45, 7) is 1.82. The molecule has 1 fully saturated rings. The number of hydrogen-bond acceptors (Lipinski definition) is 6. The first-order chi connectivity index (χ1) is 7.43. The largest absolute Gasteiger partial charge is 0.339 e. The third-order valence-corrected chi connectivity index (χ3v) is 2.38. The lowest BCUT2D eigenvalue weighted by Crippen LogP contribution is -2.40. The highest BCUT2D eigenvalue weighted by molar-refractivity contribution is 5.46. The van der Waals surface area contributed by atoms with Gasteiger partial charge in [0.05, 0.1) is 5.92 Å². The van der Waals surface area contributed by atoms with Crippen LogP contribution in [0.15, 0.2) is 23.1 Å². The van der Waals surface area contributed by atoms with Crippen molar-refractivity contribution in [2.45, 2.75) is 5.92 Å². The minimum absolute atomic E-state index is 0.355. The molecule has 0 aliphatic carbocycles. The Morgan fingerprint density at radius 2 is 2.33 bits per heavy atom. The van der Waals surface area contributed by atoms with Gasteiger partial charge in [0.2, 0.25) is 11.7 Å². The predicted molar refractivity (Wildman–Crippen MR) is 50.9 cm³/mol. The van der Waals surface area contributed by atoms with Crippen LogP contribution >= 0.6 is 0 Å². The number of nitrogens with one attached hydrogen (secondary N) is 1. The van der Waals surface area contributed by atoms with Crippen molar-refractivity contribution in [2.75, 3.05) is 13.1 Å². The lowest BCUT2D eigenvalue weighted by atomic mass is 10.0. The molecule has 76 valence electrons. The van der Waals surface area contributed by atoms with Gasteiger partial charge in [-0.15, -0.1) is 0 Å². The second kappa shape index (κ2) is 3.39. The summed E-state index contributed by atoms with van der Waals surface area (Å²) in [6.07, 6.45) is 3.12. The highest BCUT2D eigenvalue weighted by Gasteiger charge is 2.25. The normalized spacial score (nSPS) is 16.3. The second-order valence-electron chi connectivity index (χ2n) is 3.41. The minimum Gasteiger partial charge on any atom is -0.339 e. The van der Waals surface area contributed by atoms with E-state index < -0.39 is 0 Å². The van der Waals surface area contributed by atoms with Gasteiger partial charge in [-0.05, 0) is 6.07 Å². The topological polar surface area (TPSA) is 76.7 Å². The molecule has 0 unspecified atom stereocenters. The zero-order valence-electron chi connectivity index (χ0n) is 7.92. The molecule has 1 aliphatic rings. The number of hydrogen-bond donors (Lipinski definition) is 1. The molecule has 0 atom stereocenters. The quantitative estimate of drug-likeness (QED) is 0.752. The lowest BCUT2D eigenvalue weighted by molar-refractivity contribution is 0.308. The van der Waals surface area contributed by atoms with Crippen LogP contribution in [-0.4, -0.2) is 33.2 Å². The molecular formula is C9H9N5O. The first kappa shape index (κ1) is 8.49. The van der Waals surface area contributed by atoms with E-state index in [1.165, 1.54) is 6.33 Å². The maximum Gasteiger partial charge on any atom is 0.232 e. The van der Waals surface area contributed by atoms with Crippen LogP contribution in [0.4, 0.5) is 0 Å². The van der Waals surface area contributed by atoms with E-state index in [-0.39, 0.29) is 0 Å². The average Bonchev–Trinajstić information content (AvgIpc) is 2.66. The maximum absolute atomic E-state index is 5.16. The van der Waals surface area contributed by atoms with E-state index in [1.807, 2.05) is 0 Å². The van der Waals surface area contributed by atoms with E-state index in [1.54, 1.807) is 12.3 Å². The molecule has 1 N–H and O–H groups in total. The van der Waals surface area contributed by atoms with Crippen LogP contribution in [0.5, 0.6) is 0 Å². The Hall–Kier alpha value is -1.82. The highest BCUT2D eigenvalue weighted by atomic mass is 16.5. The van der Waals surface area contributed by atoms with Crippen molar-refractivity contribution in [3.8, 4) is 11.5 Å². The van der Waals surface area contributed by atoms with Crippen molar-refractivity contribution in [1.29, 1.82) is 0 Å². The van der Waals surface area contributed by atoms with Gasteiger partial charge < -0.3 is 9.84 Å². The van der Waals surface area contributed by atoms with Gasteiger partial charge >= 0.3 is 0 Å². The van der Waals surface area contributed by atoms with Crippen molar-refractivity contribution in [3.63, 3.8) is 0 Å². The van der Waals surface area contributed by atoms with Gasteiger partial charge in [0.25, 0.3) is 0 Å². The Labute approximate surface area is 85.8 Å². The molecule has 1 saturated heterocycles. The van der Waals surface area contributed by atoms with Gasteiger partial charge in [-0.25, -0.2) is 9.97 Å². The van der Waals surface area contributed by atoms with Crippen molar-refractivity contribution in [2.24, 2.45) is 0 Å². The molecule has 0 aromatic carbocycles. The van der Waals surface area contributed by atoms with Crippen LogP contribution in [0.25, 0.3) is 11.5 Å². The molecule has 0 spiro atoms. The Morgan fingerprint density at radius 3 is 3.00 bits per heavy atom. The predicted octanol–water partition coefficient (Wildman–Crippen LogP) is 0.213. The lowest BCUT2D eigenvalue weighted by Gasteiger charge is -2.22. The third-order valence-electron chi connectivity index (χ3n) is 2.38. The Morgan fingerprint density at radius 1 is 1.40 bits per heavy atom. The van der Waals surface area contributed by atoms with E-state index in [4.69, 9.17) is 4.52 Å². The Kier molecular flexibility index (Phi) is 1.92. The van der Waals surface area contributed by atoms with Gasteiger partial charge in [-0.3, -0.25) is 0 Å². The van der Waals surface area contributed by atoms with Crippen molar-refractivity contribution in [1.82, 2.24) is 25.4 Å². The molecule has 0 saturated carbocycles. The molecule has 0 bridgehead atoms. The molecule has 3 rings (SSSR count). The Balaban J connectivity index is 1.90. The molecule has 0 radical (unpaired) electrons. The van der Waals surface area contributed by atoms with E-state index in [2.05, 4.69) is 25.4 Å². The summed E-state index contributed by atoms with van der Waals surface area (Å²) in [6, 6.07) is 1.76. The monoisotopic (exact) mass is 203 g/mol. The molecule has 0 amide bonds. The summed E-state index contributed by atoms with van der Waals surface area (Å²) in [5.41, 5.74) is 0.687. The maximum atomic E-state index is 5.16. The van der Waals surface area contributed by atoms with Crippen molar-refractivity contribution < 1.29 is 4.52 Å². The van der Waals surface area contributed by atoms with E-state index in [0.717, 1.165) is 13.1 Å². The number of rotatable bonds is 2. The first-order valence-electron chi connectivity index (χ1n) is 4.74. The zero-order chi connectivity index (χ0) is 10.1. The number of aromatic nitrogens is 4. The van der Waals surface area contributed by atoms with Crippen LogP contribution in [0.3, 0.4) is 0 Å². The summed E-state index contributed by atoms with van der Waals surface area (Å²) in [5.74, 6) is 1.56. The summed E-state index contributed by atoms with van der Waals surface area (Å²) in [4.78, 5) is 12.2. The molecular weight excluding hydrogens is 194 g/mol. The zero-order valence-corrected chi connectivity index (χ0v) is 7.92. The summed E-state index contributed by atoms with van der Waals surface area (Å²) >= 11 is 0. The fraction of sp³-hybridized carbons (Fsp3) is 0.333. The average molecular weight is 203 g/mol. The minimum atomic E-state index is 0.355. The van der Waals surface area contributed by atoms with Crippen molar-refractivity contribution >= 4 is 0 Å². The second-order valence-corrected chi connectivity index (χ2v) is 3.41. The SMILES string of the molecule is c1cc(-c2noc(C3CNC3)n2)ncn1. The molecule has 1 aliphatic heterocycles. The standard InChI is InChI=1S/C9H9N5O/c1-2-10-5-12-7(1)8-13-9(15-14-8)6-3-11-4-6/h1-2,5-6,11H,3-4H2. The molecule has 3 heterocycles. The van der Waals surface area contributed by atoms with Crippen LogP contribution in [0.1, 0.15) is 11.8 Å². The van der Waals surface area contributed by atoms with Gasteiger partial charge in [-0.1, -0.05) is 5.16 Å². The summed E-state index contributed by atoms with van der Waals surface area (Å²) in [5, 5.41) is 7.04. The fourth-order valence-corrected chi connectivity index (χ4v) is 1.39. The summed E-state index contributed by atoms with van der Waals surface area (Å²) < 4.78 is 5.16. The van der Waals surface area contributed by atoms with Crippen LogP contribution in [0.2, 0.25) is 0 Å². The molecule has 15 heavy (non-hydrogen) atoms. The van der Waals surface area contributed by atoms with Gasteiger partial charge in [-0.2, -0.15) is 4.98 Å². The summed E-state index contributed by atoms with van der Waals surface area (Å²) in [7, 11) is 0. The molecule has 6 heteroatoms. The first-order valence-corrected chi connectivity index (χ1v) is 4.74. The molecule has 2 aromatic heterocycles. The van der Waals surface area contributed by atoms with Crippen molar-refractivity contribution in [3.05, 3.63) is 24.5 Å². The Bertz CT molecular complexity index is 451. The fourth-order valence-electron chi connectivity index (χ4n) is 1.39. The molecule has 2 aromatic rings. The number of nitrogens with zero attached hydrogens (tertiary/aromatic N) is 4. The smallest absolute Gasteiger partial charge is 0.232 e. The third kappa shape index (κ3) is 1.48. The van der Waals surface area contributed by atoms with E-state index in [9.17, 15) is 0 Å². The van der Waals surface area contributed by atoms with Gasteiger partial charge in [0.1, 0.15) is 12.0 Å². The van der Waals surface area contributed by atoms with Gasteiger partial charge in [0, 0.05) is 19.3 Å². The van der Waals surface area contributed by atoms with Gasteiger partial charge in [0.15, 0.2) is 0 Å². The molecule has 6 nitrogen and oxygen atoms in total. The van der Waals surface area contributed by atoms with E-state index in [0.29, 0.717) is 23.3 Å².